The molecule has 0 saturated carbocycles. The Hall–Kier alpha value is -1.39. The molecule has 4 heteroatoms. The van der Waals surface area contributed by atoms with E-state index in [0.717, 1.165) is 38.0 Å². The zero-order valence-corrected chi connectivity index (χ0v) is 12.0. The van der Waals surface area contributed by atoms with Gasteiger partial charge in [0, 0.05) is 24.7 Å². The Morgan fingerprint density at radius 1 is 1.30 bits per heavy atom. The summed E-state index contributed by atoms with van der Waals surface area (Å²) in [5.74, 6) is 0.162. The van der Waals surface area contributed by atoms with Gasteiger partial charge in [0.25, 0.3) is 5.91 Å². The first-order valence-corrected chi connectivity index (χ1v) is 7.50. The second-order valence-electron chi connectivity index (χ2n) is 5.60. The van der Waals surface area contributed by atoms with Crippen LogP contribution in [0.25, 0.3) is 0 Å². The highest BCUT2D eigenvalue weighted by atomic mass is 16.5. The monoisotopic (exact) mass is 274 g/mol. The Labute approximate surface area is 120 Å². The average molecular weight is 274 g/mol. The van der Waals surface area contributed by atoms with Gasteiger partial charge >= 0.3 is 0 Å². The van der Waals surface area contributed by atoms with Crippen molar-refractivity contribution < 1.29 is 9.53 Å². The minimum absolute atomic E-state index is 0.162. The molecule has 4 nitrogen and oxygen atoms in total. The number of likely N-dealkylation sites (tertiary alicyclic amines) is 1. The third kappa shape index (κ3) is 2.72. The van der Waals surface area contributed by atoms with E-state index in [-0.39, 0.29) is 5.91 Å². The van der Waals surface area contributed by atoms with Crippen LogP contribution < -0.4 is 5.32 Å². The number of hydrogen-bond donors (Lipinski definition) is 1. The quantitative estimate of drug-likeness (QED) is 0.915. The molecule has 2 heterocycles. The molecule has 0 bridgehead atoms. The topological polar surface area (TPSA) is 41.6 Å². The number of benzene rings is 1. The Balaban J connectivity index is 1.65. The van der Waals surface area contributed by atoms with Crippen molar-refractivity contribution in [2.24, 2.45) is 0 Å². The molecule has 20 heavy (non-hydrogen) atoms. The van der Waals surface area contributed by atoms with Gasteiger partial charge in [-0.05, 0) is 42.6 Å². The van der Waals surface area contributed by atoms with E-state index in [1.165, 1.54) is 11.1 Å². The molecule has 0 aliphatic carbocycles. The van der Waals surface area contributed by atoms with E-state index in [9.17, 15) is 4.79 Å². The molecule has 2 aliphatic rings. The zero-order chi connectivity index (χ0) is 13.9. The lowest BCUT2D eigenvalue weighted by atomic mass is 10.0. The van der Waals surface area contributed by atoms with Gasteiger partial charge in [0.1, 0.15) is 0 Å². The number of carbonyl (C=O) groups is 1. The lowest BCUT2D eigenvalue weighted by molar-refractivity contribution is 0.0705. The zero-order valence-electron chi connectivity index (χ0n) is 12.0. The molecular formula is C16H22N2O2. The van der Waals surface area contributed by atoms with Crippen LogP contribution in [0.5, 0.6) is 0 Å². The molecule has 108 valence electrons. The molecular weight excluding hydrogens is 252 g/mol. The van der Waals surface area contributed by atoms with Crippen molar-refractivity contribution in [3.05, 3.63) is 34.9 Å². The van der Waals surface area contributed by atoms with Gasteiger partial charge in [-0.2, -0.15) is 0 Å². The average Bonchev–Trinajstić information content (AvgIpc) is 2.95. The summed E-state index contributed by atoms with van der Waals surface area (Å²) in [6.07, 6.45) is 2.10. The lowest BCUT2D eigenvalue weighted by Gasteiger charge is -2.32. The number of fused-ring (bicyclic) bond motifs is 1. The molecule has 1 aromatic carbocycles. The summed E-state index contributed by atoms with van der Waals surface area (Å²) in [6.45, 7) is 6.15. The Morgan fingerprint density at radius 3 is 2.80 bits per heavy atom. The van der Waals surface area contributed by atoms with Gasteiger partial charge < -0.3 is 15.0 Å². The van der Waals surface area contributed by atoms with E-state index in [1.54, 1.807) is 0 Å². The second kappa shape index (κ2) is 5.94. The Kier molecular flexibility index (Phi) is 4.03. The highest BCUT2D eigenvalue weighted by molar-refractivity contribution is 5.94. The fourth-order valence-corrected chi connectivity index (χ4v) is 3.06. The minimum atomic E-state index is 0.162. The first-order valence-electron chi connectivity index (χ1n) is 7.50. The van der Waals surface area contributed by atoms with Crippen LogP contribution in [0.3, 0.4) is 0 Å². The van der Waals surface area contributed by atoms with Crippen LogP contribution in [0, 0.1) is 0 Å². The van der Waals surface area contributed by atoms with Crippen LogP contribution in [0.15, 0.2) is 18.2 Å². The van der Waals surface area contributed by atoms with Crippen molar-refractivity contribution in [1.82, 2.24) is 10.2 Å². The maximum absolute atomic E-state index is 12.5. The van der Waals surface area contributed by atoms with Crippen LogP contribution >= 0.6 is 0 Å². The van der Waals surface area contributed by atoms with Crippen molar-refractivity contribution in [2.75, 3.05) is 19.6 Å². The largest absolute Gasteiger partial charge is 0.372 e. The van der Waals surface area contributed by atoms with Gasteiger partial charge in [-0.1, -0.05) is 13.0 Å². The van der Waals surface area contributed by atoms with E-state index < -0.39 is 0 Å². The van der Waals surface area contributed by atoms with Gasteiger partial charge in [0.2, 0.25) is 0 Å². The summed E-state index contributed by atoms with van der Waals surface area (Å²) >= 11 is 0. The van der Waals surface area contributed by atoms with Crippen LogP contribution in [0.4, 0.5) is 0 Å². The number of hydrogen-bond acceptors (Lipinski definition) is 3. The predicted molar refractivity (Wildman–Crippen MR) is 77.5 cm³/mol. The van der Waals surface area contributed by atoms with Crippen molar-refractivity contribution in [3.63, 3.8) is 0 Å². The Bertz CT molecular complexity index is 493. The molecule has 0 aromatic heterocycles. The number of carbonyl (C=O) groups excluding carboxylic acids is 1. The highest BCUT2D eigenvalue weighted by Crippen LogP contribution is 2.22. The highest BCUT2D eigenvalue weighted by Gasteiger charge is 2.24. The summed E-state index contributed by atoms with van der Waals surface area (Å²) < 4.78 is 5.40. The number of rotatable bonds is 3. The first-order chi connectivity index (χ1) is 9.78. The molecule has 0 radical (unpaired) electrons. The summed E-state index contributed by atoms with van der Waals surface area (Å²) in [4.78, 5) is 14.5. The molecule has 1 aromatic rings. The lowest BCUT2D eigenvalue weighted by Crippen LogP contribution is -2.44. The summed E-state index contributed by atoms with van der Waals surface area (Å²) in [7, 11) is 0. The number of ether oxygens (including phenoxy) is 1. The number of nitrogens with one attached hydrogen (secondary N) is 1. The summed E-state index contributed by atoms with van der Waals surface area (Å²) in [5, 5.41) is 3.46. The summed E-state index contributed by atoms with van der Waals surface area (Å²) in [6, 6.07) is 6.53. The molecule has 1 N–H and O–H groups in total. The van der Waals surface area contributed by atoms with E-state index in [2.05, 4.69) is 12.2 Å². The number of nitrogens with zero attached hydrogens (tertiary/aromatic N) is 1. The third-order valence-electron chi connectivity index (χ3n) is 4.24. The van der Waals surface area contributed by atoms with E-state index in [4.69, 9.17) is 4.74 Å². The van der Waals surface area contributed by atoms with Gasteiger partial charge in [0.05, 0.1) is 13.2 Å². The maximum Gasteiger partial charge on any atom is 0.253 e. The van der Waals surface area contributed by atoms with Crippen molar-refractivity contribution >= 4 is 5.91 Å². The van der Waals surface area contributed by atoms with Crippen LogP contribution in [-0.4, -0.2) is 36.5 Å². The smallest absolute Gasteiger partial charge is 0.253 e. The fraction of sp³-hybridized carbons (Fsp3) is 0.562. The molecule has 3 rings (SSSR count). The van der Waals surface area contributed by atoms with Gasteiger partial charge in [0.15, 0.2) is 0 Å². The standard InChI is InChI=1S/C16H22N2O2/c1-2-17-15-5-7-18(8-6-15)16(19)12-3-4-13-10-20-11-14(13)9-12/h3-4,9,15,17H,2,5-8,10-11H2,1H3. The van der Waals surface area contributed by atoms with Gasteiger partial charge in [-0.3, -0.25) is 4.79 Å². The minimum Gasteiger partial charge on any atom is -0.372 e. The normalized spacial score (nSPS) is 19.1. The van der Waals surface area contributed by atoms with Crippen molar-refractivity contribution in [2.45, 2.75) is 39.0 Å². The van der Waals surface area contributed by atoms with Crippen molar-refractivity contribution in [1.29, 1.82) is 0 Å². The predicted octanol–water partition coefficient (Wildman–Crippen LogP) is 1.93. The fourth-order valence-electron chi connectivity index (χ4n) is 3.06. The van der Waals surface area contributed by atoms with Gasteiger partial charge in [-0.15, -0.1) is 0 Å². The van der Waals surface area contributed by atoms with E-state index in [1.807, 2.05) is 23.1 Å². The van der Waals surface area contributed by atoms with Crippen LogP contribution in [-0.2, 0) is 18.0 Å². The third-order valence-corrected chi connectivity index (χ3v) is 4.24. The Morgan fingerprint density at radius 2 is 2.05 bits per heavy atom. The first kappa shape index (κ1) is 13.6. The molecule has 1 saturated heterocycles. The molecule has 0 unspecified atom stereocenters. The molecule has 0 atom stereocenters. The van der Waals surface area contributed by atoms with Crippen molar-refractivity contribution in [3.8, 4) is 0 Å². The summed E-state index contributed by atoms with van der Waals surface area (Å²) in [5.41, 5.74) is 3.18. The molecule has 1 amide bonds. The number of amides is 1. The molecule has 1 fully saturated rings. The second-order valence-corrected chi connectivity index (χ2v) is 5.60. The molecule has 0 spiro atoms. The SMILES string of the molecule is CCNC1CCN(C(=O)c2ccc3c(c2)COC3)CC1. The van der Waals surface area contributed by atoms with E-state index in [0.29, 0.717) is 19.3 Å². The number of piperidine rings is 1. The van der Waals surface area contributed by atoms with E-state index >= 15 is 0 Å². The maximum atomic E-state index is 12.5. The van der Waals surface area contributed by atoms with Crippen LogP contribution in [0.1, 0.15) is 41.3 Å². The van der Waals surface area contributed by atoms with Gasteiger partial charge in [-0.25, -0.2) is 0 Å². The molecule has 2 aliphatic heterocycles. The van der Waals surface area contributed by atoms with Crippen LogP contribution in [0.2, 0.25) is 0 Å².